The number of nitrogens with zero attached hydrogens (tertiary/aromatic N) is 2. The Morgan fingerprint density at radius 3 is 3.08 bits per heavy atom. The normalized spacial score (nSPS) is 10.1. The molecule has 0 atom stereocenters. The van der Waals surface area contributed by atoms with Crippen LogP contribution in [0, 0.1) is 5.41 Å². The predicted molar refractivity (Wildman–Crippen MR) is 48.1 cm³/mol. The zero-order valence-corrected chi connectivity index (χ0v) is 7.25. The lowest BCUT2D eigenvalue weighted by Gasteiger charge is -1.95. The summed E-state index contributed by atoms with van der Waals surface area (Å²) in [6, 6.07) is 0. The van der Waals surface area contributed by atoms with E-state index in [2.05, 4.69) is 12.0 Å². The van der Waals surface area contributed by atoms with E-state index in [0.717, 1.165) is 18.5 Å². The second-order valence-corrected chi connectivity index (χ2v) is 2.81. The summed E-state index contributed by atoms with van der Waals surface area (Å²) in [5.74, 6) is 0.186. The highest BCUT2D eigenvalue weighted by atomic mass is 15.3. The van der Waals surface area contributed by atoms with Crippen LogP contribution in [0.25, 0.3) is 0 Å². The van der Waals surface area contributed by atoms with E-state index in [-0.39, 0.29) is 5.84 Å². The molecule has 66 valence electrons. The molecule has 0 saturated carbocycles. The van der Waals surface area contributed by atoms with Gasteiger partial charge in [0, 0.05) is 19.2 Å². The van der Waals surface area contributed by atoms with Crippen molar-refractivity contribution in [3.8, 4) is 0 Å². The number of nitrogens with two attached hydrogens (primary N) is 1. The van der Waals surface area contributed by atoms with E-state index >= 15 is 0 Å². The first kappa shape index (κ1) is 8.77. The summed E-state index contributed by atoms with van der Waals surface area (Å²) in [5.41, 5.74) is 6.26. The van der Waals surface area contributed by atoms with Crippen LogP contribution < -0.4 is 5.73 Å². The van der Waals surface area contributed by atoms with Gasteiger partial charge in [0.15, 0.2) is 0 Å². The van der Waals surface area contributed by atoms with Gasteiger partial charge < -0.3 is 5.73 Å². The Labute approximate surface area is 71.9 Å². The highest BCUT2D eigenvalue weighted by Crippen LogP contribution is 1.99. The summed E-state index contributed by atoms with van der Waals surface area (Å²) in [6.45, 7) is 3.03. The second kappa shape index (κ2) is 3.90. The zero-order valence-electron chi connectivity index (χ0n) is 7.25. The number of nitrogens with one attached hydrogen (secondary N) is 1. The van der Waals surface area contributed by atoms with Crippen molar-refractivity contribution in [3.05, 3.63) is 18.0 Å². The number of aromatic nitrogens is 2. The molecule has 0 aliphatic carbocycles. The van der Waals surface area contributed by atoms with Crippen molar-refractivity contribution in [2.24, 2.45) is 5.73 Å². The fraction of sp³-hybridized carbons (Fsp3) is 0.500. The number of amidine groups is 1. The first-order valence-corrected chi connectivity index (χ1v) is 4.06. The third-order valence-electron chi connectivity index (χ3n) is 1.53. The molecule has 0 spiro atoms. The van der Waals surface area contributed by atoms with Gasteiger partial charge in [0.1, 0.15) is 0 Å². The minimum absolute atomic E-state index is 0.186. The number of hydrogen-bond acceptors (Lipinski definition) is 2. The Hall–Kier alpha value is -1.32. The molecule has 0 aromatic carbocycles. The van der Waals surface area contributed by atoms with Crippen molar-refractivity contribution in [2.75, 3.05) is 0 Å². The van der Waals surface area contributed by atoms with Crippen molar-refractivity contribution in [1.82, 2.24) is 9.78 Å². The molecular weight excluding hydrogens is 152 g/mol. The summed E-state index contributed by atoms with van der Waals surface area (Å²) in [7, 11) is 0. The van der Waals surface area contributed by atoms with Crippen LogP contribution >= 0.6 is 0 Å². The molecule has 1 aromatic rings. The van der Waals surface area contributed by atoms with Crippen LogP contribution in [0.1, 0.15) is 18.9 Å². The monoisotopic (exact) mass is 166 g/mol. The van der Waals surface area contributed by atoms with Gasteiger partial charge in [0.2, 0.25) is 0 Å². The zero-order chi connectivity index (χ0) is 8.97. The number of hydrogen-bond donors (Lipinski definition) is 2. The maximum absolute atomic E-state index is 7.08. The topological polar surface area (TPSA) is 67.7 Å². The summed E-state index contributed by atoms with van der Waals surface area (Å²) < 4.78 is 1.87. The van der Waals surface area contributed by atoms with Crippen LogP contribution in [0.4, 0.5) is 0 Å². The third kappa shape index (κ3) is 2.38. The molecule has 0 aliphatic heterocycles. The van der Waals surface area contributed by atoms with Gasteiger partial charge in [0.05, 0.1) is 12.0 Å². The largest absolute Gasteiger partial charge is 0.387 e. The van der Waals surface area contributed by atoms with E-state index in [4.69, 9.17) is 11.1 Å². The molecule has 0 bridgehead atoms. The molecule has 12 heavy (non-hydrogen) atoms. The average molecular weight is 166 g/mol. The molecule has 0 saturated heterocycles. The lowest BCUT2D eigenvalue weighted by atomic mass is 10.2. The van der Waals surface area contributed by atoms with Gasteiger partial charge in [-0.05, 0) is 12.0 Å². The van der Waals surface area contributed by atoms with Crippen LogP contribution in [0.2, 0.25) is 0 Å². The second-order valence-electron chi connectivity index (χ2n) is 2.81. The minimum Gasteiger partial charge on any atom is -0.387 e. The standard InChI is InChI=1S/C8H14N4/c1-2-3-12-6-7(5-11-12)4-8(9)10/h5-6H,2-4H2,1H3,(H3,9,10). The molecule has 1 aromatic heterocycles. The first-order chi connectivity index (χ1) is 5.72. The highest BCUT2D eigenvalue weighted by Gasteiger charge is 1.98. The van der Waals surface area contributed by atoms with Crippen LogP contribution in [0.15, 0.2) is 12.4 Å². The Bertz CT molecular complexity index is 264. The summed E-state index contributed by atoms with van der Waals surface area (Å²) >= 11 is 0. The Morgan fingerprint density at radius 1 is 1.75 bits per heavy atom. The van der Waals surface area contributed by atoms with Crippen molar-refractivity contribution in [2.45, 2.75) is 26.3 Å². The summed E-state index contributed by atoms with van der Waals surface area (Å²) in [6.07, 6.45) is 5.27. The van der Waals surface area contributed by atoms with E-state index in [9.17, 15) is 0 Å². The summed E-state index contributed by atoms with van der Waals surface area (Å²) in [4.78, 5) is 0. The van der Waals surface area contributed by atoms with Crippen LogP contribution in [0.3, 0.4) is 0 Å². The minimum atomic E-state index is 0.186. The fourth-order valence-electron chi connectivity index (χ4n) is 1.07. The van der Waals surface area contributed by atoms with Crippen molar-refractivity contribution in [3.63, 3.8) is 0 Å². The van der Waals surface area contributed by atoms with Gasteiger partial charge in [-0.15, -0.1) is 0 Å². The van der Waals surface area contributed by atoms with Gasteiger partial charge in [0.25, 0.3) is 0 Å². The summed E-state index contributed by atoms with van der Waals surface area (Å²) in [5, 5.41) is 11.2. The van der Waals surface area contributed by atoms with Gasteiger partial charge in [-0.1, -0.05) is 6.92 Å². The smallest absolute Gasteiger partial charge is 0.0951 e. The molecule has 0 aliphatic rings. The van der Waals surface area contributed by atoms with Gasteiger partial charge in [-0.2, -0.15) is 5.10 Å². The molecule has 4 nitrogen and oxygen atoms in total. The number of aryl methyl sites for hydroxylation is 1. The van der Waals surface area contributed by atoms with Crippen LogP contribution in [-0.4, -0.2) is 15.6 Å². The van der Waals surface area contributed by atoms with E-state index in [0.29, 0.717) is 6.42 Å². The van der Waals surface area contributed by atoms with Crippen molar-refractivity contribution < 1.29 is 0 Å². The van der Waals surface area contributed by atoms with Crippen molar-refractivity contribution >= 4 is 5.84 Å². The van der Waals surface area contributed by atoms with Gasteiger partial charge in [-0.25, -0.2) is 0 Å². The average Bonchev–Trinajstić information content (AvgIpc) is 2.36. The van der Waals surface area contributed by atoms with E-state index in [1.807, 2.05) is 10.9 Å². The SMILES string of the molecule is CCCn1cc(CC(=N)N)cn1. The quantitative estimate of drug-likeness (QED) is 0.512. The first-order valence-electron chi connectivity index (χ1n) is 4.06. The van der Waals surface area contributed by atoms with Crippen molar-refractivity contribution in [1.29, 1.82) is 5.41 Å². The van der Waals surface area contributed by atoms with E-state index < -0.39 is 0 Å². The van der Waals surface area contributed by atoms with Crippen LogP contribution in [0.5, 0.6) is 0 Å². The molecule has 1 rings (SSSR count). The third-order valence-corrected chi connectivity index (χ3v) is 1.53. The maximum Gasteiger partial charge on any atom is 0.0951 e. The Morgan fingerprint density at radius 2 is 2.50 bits per heavy atom. The van der Waals surface area contributed by atoms with Crippen LogP contribution in [-0.2, 0) is 13.0 Å². The number of rotatable bonds is 4. The predicted octanol–water partition coefficient (Wildman–Crippen LogP) is 0.772. The highest BCUT2D eigenvalue weighted by molar-refractivity contribution is 5.79. The molecule has 0 amide bonds. The van der Waals surface area contributed by atoms with E-state index in [1.54, 1.807) is 6.20 Å². The Kier molecular flexibility index (Phi) is 2.85. The van der Waals surface area contributed by atoms with E-state index in [1.165, 1.54) is 0 Å². The molecule has 0 fully saturated rings. The fourth-order valence-corrected chi connectivity index (χ4v) is 1.07. The van der Waals surface area contributed by atoms with Gasteiger partial charge >= 0.3 is 0 Å². The molecule has 1 heterocycles. The molecule has 3 N–H and O–H groups in total. The maximum atomic E-state index is 7.08. The lowest BCUT2D eigenvalue weighted by molar-refractivity contribution is 0.602. The van der Waals surface area contributed by atoms with Gasteiger partial charge in [-0.3, -0.25) is 10.1 Å². The molecule has 0 radical (unpaired) electrons. The Balaban J connectivity index is 2.58. The molecule has 0 unspecified atom stereocenters. The lowest BCUT2D eigenvalue weighted by Crippen LogP contribution is -2.12. The molecular formula is C8H14N4. The molecule has 4 heteroatoms.